The zero-order valence-corrected chi connectivity index (χ0v) is 16.0. The molecule has 1 aliphatic rings. The highest BCUT2D eigenvalue weighted by Gasteiger charge is 2.29. The summed E-state index contributed by atoms with van der Waals surface area (Å²) in [4.78, 5) is 14.5. The minimum absolute atomic E-state index is 0. The van der Waals surface area contributed by atoms with Gasteiger partial charge in [-0.25, -0.2) is 13.1 Å². The third-order valence-electron chi connectivity index (χ3n) is 4.41. The first-order valence-corrected chi connectivity index (χ1v) is 9.58. The van der Waals surface area contributed by atoms with Crippen LogP contribution in [0.15, 0.2) is 53.4 Å². The predicted octanol–water partition coefficient (Wildman–Crippen LogP) is 1.48. The SMILES string of the molecule is CNS(=O)(=O)c1ccc2c(c1)N(C(=O)[C@@H](N)Cc1ccccc1)CC2.Cl. The van der Waals surface area contributed by atoms with Crippen molar-refractivity contribution in [3.8, 4) is 0 Å². The van der Waals surface area contributed by atoms with Crippen LogP contribution in [0.2, 0.25) is 0 Å². The molecule has 0 bridgehead atoms. The van der Waals surface area contributed by atoms with Crippen LogP contribution in [-0.4, -0.2) is 34.0 Å². The predicted molar refractivity (Wildman–Crippen MR) is 104 cm³/mol. The van der Waals surface area contributed by atoms with E-state index in [0.29, 0.717) is 25.1 Å². The molecule has 3 rings (SSSR count). The van der Waals surface area contributed by atoms with E-state index in [1.807, 2.05) is 30.3 Å². The number of carbonyl (C=O) groups excluding carboxylic acids is 1. The van der Waals surface area contributed by atoms with Crippen LogP contribution in [0.1, 0.15) is 11.1 Å². The molecule has 1 atom stereocenters. The Labute approximate surface area is 159 Å². The van der Waals surface area contributed by atoms with Gasteiger partial charge in [-0.2, -0.15) is 0 Å². The smallest absolute Gasteiger partial charge is 0.244 e. The van der Waals surface area contributed by atoms with E-state index in [-0.39, 0.29) is 23.2 Å². The molecule has 1 aliphatic heterocycles. The van der Waals surface area contributed by atoms with Gasteiger partial charge in [-0.1, -0.05) is 36.4 Å². The Morgan fingerprint density at radius 3 is 2.58 bits per heavy atom. The summed E-state index contributed by atoms with van der Waals surface area (Å²) in [5.74, 6) is -0.193. The van der Waals surface area contributed by atoms with Crippen molar-refractivity contribution in [2.45, 2.75) is 23.8 Å². The lowest BCUT2D eigenvalue weighted by atomic mass is 10.1. The molecule has 0 aromatic heterocycles. The van der Waals surface area contributed by atoms with Crippen LogP contribution < -0.4 is 15.4 Å². The minimum atomic E-state index is -3.56. The first-order valence-electron chi connectivity index (χ1n) is 8.10. The molecule has 1 heterocycles. The van der Waals surface area contributed by atoms with Gasteiger partial charge in [0.2, 0.25) is 15.9 Å². The quantitative estimate of drug-likeness (QED) is 0.801. The van der Waals surface area contributed by atoms with E-state index < -0.39 is 16.1 Å². The van der Waals surface area contributed by atoms with Crippen molar-refractivity contribution in [2.24, 2.45) is 5.73 Å². The topological polar surface area (TPSA) is 92.5 Å². The van der Waals surface area contributed by atoms with Gasteiger partial charge in [0.15, 0.2) is 0 Å². The maximum atomic E-state index is 12.8. The number of hydrogen-bond donors (Lipinski definition) is 2. The Kier molecular flexibility index (Phi) is 6.41. The molecule has 2 aromatic rings. The average molecular weight is 396 g/mol. The Morgan fingerprint density at radius 1 is 1.23 bits per heavy atom. The largest absolute Gasteiger partial charge is 0.320 e. The van der Waals surface area contributed by atoms with Gasteiger partial charge in [-0.05, 0) is 43.1 Å². The number of anilines is 1. The summed E-state index contributed by atoms with van der Waals surface area (Å²) in [6.45, 7) is 0.514. The van der Waals surface area contributed by atoms with Gasteiger partial charge in [0.1, 0.15) is 0 Å². The maximum absolute atomic E-state index is 12.8. The van der Waals surface area contributed by atoms with E-state index in [4.69, 9.17) is 5.73 Å². The van der Waals surface area contributed by atoms with Crippen LogP contribution in [0.25, 0.3) is 0 Å². The Bertz CT molecular complexity index is 888. The molecule has 6 nitrogen and oxygen atoms in total. The summed E-state index contributed by atoms with van der Waals surface area (Å²) in [7, 11) is -2.19. The van der Waals surface area contributed by atoms with E-state index in [9.17, 15) is 13.2 Å². The Balaban J connectivity index is 0.00000243. The van der Waals surface area contributed by atoms with Crippen LogP contribution in [0.5, 0.6) is 0 Å². The summed E-state index contributed by atoms with van der Waals surface area (Å²) in [6, 6.07) is 13.8. The molecule has 0 aliphatic carbocycles. The molecule has 0 unspecified atom stereocenters. The summed E-state index contributed by atoms with van der Waals surface area (Å²) in [5.41, 5.74) is 8.69. The van der Waals surface area contributed by atoms with Crippen molar-refractivity contribution in [3.63, 3.8) is 0 Å². The number of nitrogens with zero attached hydrogens (tertiary/aromatic N) is 1. The molecule has 1 amide bonds. The van der Waals surface area contributed by atoms with Gasteiger partial charge in [0.05, 0.1) is 10.9 Å². The average Bonchev–Trinajstić information content (AvgIpc) is 3.05. The number of nitrogens with two attached hydrogens (primary N) is 1. The standard InChI is InChI=1S/C18H21N3O3S.ClH/c1-20-25(23,24)15-8-7-14-9-10-21(17(14)12-15)18(22)16(19)11-13-5-3-2-4-6-13;/h2-8,12,16,20H,9-11,19H2,1H3;1H/t16-;/m0./s1. The number of benzene rings is 2. The van der Waals surface area contributed by atoms with Gasteiger partial charge in [-0.3, -0.25) is 4.79 Å². The summed E-state index contributed by atoms with van der Waals surface area (Å²) < 4.78 is 26.3. The third kappa shape index (κ3) is 4.07. The van der Waals surface area contributed by atoms with E-state index >= 15 is 0 Å². The number of hydrogen-bond acceptors (Lipinski definition) is 4. The molecule has 140 valence electrons. The Hall–Kier alpha value is -1.93. The number of amides is 1. The van der Waals surface area contributed by atoms with Crippen molar-refractivity contribution in [3.05, 3.63) is 59.7 Å². The lowest BCUT2D eigenvalue weighted by molar-refractivity contribution is -0.119. The molecule has 0 spiro atoms. The van der Waals surface area contributed by atoms with Crippen LogP contribution >= 0.6 is 12.4 Å². The van der Waals surface area contributed by atoms with E-state index in [2.05, 4.69) is 4.72 Å². The zero-order valence-electron chi connectivity index (χ0n) is 14.4. The summed E-state index contributed by atoms with van der Waals surface area (Å²) in [6.07, 6.45) is 1.14. The second-order valence-corrected chi connectivity index (χ2v) is 7.92. The monoisotopic (exact) mass is 395 g/mol. The number of sulfonamides is 1. The van der Waals surface area contributed by atoms with E-state index in [1.54, 1.807) is 23.1 Å². The molecule has 0 saturated heterocycles. The molecular formula is C18H22ClN3O3S. The number of rotatable bonds is 5. The molecule has 0 radical (unpaired) electrons. The second-order valence-electron chi connectivity index (χ2n) is 6.03. The molecule has 8 heteroatoms. The molecule has 0 saturated carbocycles. The van der Waals surface area contributed by atoms with Crippen LogP contribution in [0, 0.1) is 0 Å². The number of carbonyl (C=O) groups is 1. The van der Waals surface area contributed by atoms with Gasteiger partial charge in [0, 0.05) is 12.2 Å². The van der Waals surface area contributed by atoms with E-state index in [0.717, 1.165) is 11.1 Å². The fourth-order valence-electron chi connectivity index (χ4n) is 3.03. The summed E-state index contributed by atoms with van der Waals surface area (Å²) in [5, 5.41) is 0. The van der Waals surface area contributed by atoms with Crippen molar-refractivity contribution < 1.29 is 13.2 Å². The normalized spacial score (nSPS) is 14.5. The lowest BCUT2D eigenvalue weighted by Gasteiger charge is -2.22. The maximum Gasteiger partial charge on any atom is 0.244 e. The molecule has 3 N–H and O–H groups in total. The highest BCUT2D eigenvalue weighted by atomic mass is 35.5. The first-order chi connectivity index (χ1) is 11.9. The first kappa shape index (κ1) is 20.4. The second kappa shape index (κ2) is 8.18. The zero-order chi connectivity index (χ0) is 18.0. The van der Waals surface area contributed by atoms with Crippen LogP contribution in [0.4, 0.5) is 5.69 Å². The van der Waals surface area contributed by atoms with Gasteiger partial charge in [0.25, 0.3) is 0 Å². The number of nitrogens with one attached hydrogen (secondary N) is 1. The highest BCUT2D eigenvalue weighted by molar-refractivity contribution is 7.89. The molecular weight excluding hydrogens is 374 g/mol. The van der Waals surface area contributed by atoms with Gasteiger partial charge < -0.3 is 10.6 Å². The third-order valence-corrected chi connectivity index (χ3v) is 5.82. The fourth-order valence-corrected chi connectivity index (χ4v) is 3.78. The number of halogens is 1. The molecule has 26 heavy (non-hydrogen) atoms. The molecule has 0 fully saturated rings. The van der Waals surface area contributed by atoms with Crippen molar-refractivity contribution in [1.82, 2.24) is 4.72 Å². The van der Waals surface area contributed by atoms with Gasteiger partial charge >= 0.3 is 0 Å². The summed E-state index contributed by atoms with van der Waals surface area (Å²) >= 11 is 0. The van der Waals surface area contributed by atoms with E-state index in [1.165, 1.54) is 7.05 Å². The van der Waals surface area contributed by atoms with Crippen molar-refractivity contribution >= 4 is 34.0 Å². The highest BCUT2D eigenvalue weighted by Crippen LogP contribution is 2.31. The minimum Gasteiger partial charge on any atom is -0.320 e. The van der Waals surface area contributed by atoms with Crippen LogP contribution in [0.3, 0.4) is 0 Å². The van der Waals surface area contributed by atoms with Crippen molar-refractivity contribution in [1.29, 1.82) is 0 Å². The fraction of sp³-hybridized carbons (Fsp3) is 0.278. The molecule has 2 aromatic carbocycles. The van der Waals surface area contributed by atoms with Crippen LogP contribution in [-0.2, 0) is 27.7 Å². The number of fused-ring (bicyclic) bond motifs is 1. The van der Waals surface area contributed by atoms with Crippen molar-refractivity contribution in [2.75, 3.05) is 18.5 Å². The lowest BCUT2D eigenvalue weighted by Crippen LogP contribution is -2.44. The Morgan fingerprint density at radius 2 is 1.92 bits per heavy atom. The van der Waals surface area contributed by atoms with Gasteiger partial charge in [-0.15, -0.1) is 12.4 Å².